The van der Waals surface area contributed by atoms with Gasteiger partial charge in [0, 0.05) is 12.6 Å². The van der Waals surface area contributed by atoms with Gasteiger partial charge in [-0.15, -0.1) is 0 Å². The van der Waals surface area contributed by atoms with Crippen molar-refractivity contribution in [3.8, 4) is 0 Å². The smallest absolute Gasteiger partial charge is 0.0164 e. The largest absolute Gasteiger partial charge is 0.311 e. The third-order valence-electron chi connectivity index (χ3n) is 3.21. The highest BCUT2D eigenvalue weighted by atomic mass is 15.1. The average molecular weight is 226 g/mol. The molecular formula is C14H30N2. The molecule has 2 nitrogen and oxygen atoms in total. The molecule has 0 spiro atoms. The lowest BCUT2D eigenvalue weighted by molar-refractivity contribution is 0.291. The molecular weight excluding hydrogens is 196 g/mol. The molecule has 0 amide bonds. The fourth-order valence-electron chi connectivity index (χ4n) is 1.71. The molecule has 0 aliphatic rings. The molecule has 0 heterocycles. The van der Waals surface area contributed by atoms with Crippen LogP contribution in [0.3, 0.4) is 0 Å². The van der Waals surface area contributed by atoms with E-state index in [4.69, 9.17) is 0 Å². The minimum atomic E-state index is 0.610. The van der Waals surface area contributed by atoms with E-state index in [2.05, 4.69) is 44.5 Å². The van der Waals surface area contributed by atoms with Crippen molar-refractivity contribution in [1.29, 1.82) is 0 Å². The summed E-state index contributed by atoms with van der Waals surface area (Å²) in [5, 5.41) is 3.53. The predicted octanol–water partition coefficient (Wildman–Crippen LogP) is 3.05. The van der Waals surface area contributed by atoms with Gasteiger partial charge in [0.05, 0.1) is 0 Å². The molecule has 2 heteroatoms. The van der Waals surface area contributed by atoms with E-state index in [0.29, 0.717) is 6.04 Å². The van der Waals surface area contributed by atoms with Gasteiger partial charge < -0.3 is 10.2 Å². The van der Waals surface area contributed by atoms with Gasteiger partial charge in [-0.05, 0) is 45.8 Å². The van der Waals surface area contributed by atoms with Gasteiger partial charge in [-0.1, -0.05) is 32.9 Å². The molecule has 0 aliphatic carbocycles. The quantitative estimate of drug-likeness (QED) is 0.576. The molecule has 1 unspecified atom stereocenters. The molecule has 0 aliphatic heterocycles. The minimum absolute atomic E-state index is 0.610. The summed E-state index contributed by atoms with van der Waals surface area (Å²) in [4.78, 5) is 2.48. The normalized spacial score (nSPS) is 13.1. The van der Waals surface area contributed by atoms with E-state index in [9.17, 15) is 0 Å². The molecule has 1 N–H and O–H groups in total. The van der Waals surface area contributed by atoms with Crippen LogP contribution in [0.1, 0.15) is 47.0 Å². The van der Waals surface area contributed by atoms with Crippen molar-refractivity contribution in [2.75, 3.05) is 26.2 Å². The molecule has 0 fully saturated rings. The summed E-state index contributed by atoms with van der Waals surface area (Å²) in [6.07, 6.45) is 3.63. The van der Waals surface area contributed by atoms with Crippen molar-refractivity contribution in [2.24, 2.45) is 0 Å². The monoisotopic (exact) mass is 226 g/mol. The van der Waals surface area contributed by atoms with Gasteiger partial charge in [-0.2, -0.15) is 0 Å². The van der Waals surface area contributed by atoms with Gasteiger partial charge in [-0.3, -0.25) is 0 Å². The zero-order chi connectivity index (χ0) is 12.4. The molecule has 16 heavy (non-hydrogen) atoms. The number of rotatable bonds is 10. The summed E-state index contributed by atoms with van der Waals surface area (Å²) in [6, 6.07) is 0.610. The fraction of sp³-hybridized carbons (Fsp3) is 0.857. The average Bonchev–Trinajstić information content (AvgIpc) is 2.31. The van der Waals surface area contributed by atoms with Crippen molar-refractivity contribution in [1.82, 2.24) is 10.2 Å². The zero-order valence-corrected chi connectivity index (χ0v) is 11.7. The Bertz CT molecular complexity index is 174. The molecule has 0 saturated carbocycles. The number of hydrogen-bond donors (Lipinski definition) is 1. The highest BCUT2D eigenvalue weighted by Crippen LogP contribution is 2.01. The summed E-state index contributed by atoms with van der Waals surface area (Å²) in [7, 11) is 0. The third kappa shape index (κ3) is 7.89. The number of nitrogens with one attached hydrogen (secondary N) is 1. The Morgan fingerprint density at radius 2 is 1.88 bits per heavy atom. The maximum atomic E-state index is 4.01. The molecule has 0 aromatic carbocycles. The summed E-state index contributed by atoms with van der Waals surface area (Å²) in [5.41, 5.74) is 1.30. The van der Waals surface area contributed by atoms with E-state index in [-0.39, 0.29) is 0 Å². The van der Waals surface area contributed by atoms with E-state index in [0.717, 1.165) is 13.0 Å². The predicted molar refractivity (Wildman–Crippen MR) is 73.9 cm³/mol. The molecule has 0 aromatic rings. The van der Waals surface area contributed by atoms with Crippen LogP contribution in [0.2, 0.25) is 0 Å². The summed E-state index contributed by atoms with van der Waals surface area (Å²) in [6.45, 7) is 17.5. The van der Waals surface area contributed by atoms with Crippen LogP contribution >= 0.6 is 0 Å². The topological polar surface area (TPSA) is 15.3 Å². The van der Waals surface area contributed by atoms with Gasteiger partial charge >= 0.3 is 0 Å². The van der Waals surface area contributed by atoms with Gasteiger partial charge in [-0.25, -0.2) is 0 Å². The van der Waals surface area contributed by atoms with Crippen LogP contribution in [0, 0.1) is 0 Å². The van der Waals surface area contributed by atoms with Crippen LogP contribution in [0.25, 0.3) is 0 Å². The van der Waals surface area contributed by atoms with Crippen molar-refractivity contribution in [3.05, 3.63) is 12.2 Å². The van der Waals surface area contributed by atoms with E-state index in [1.165, 1.54) is 38.0 Å². The second-order valence-corrected chi connectivity index (χ2v) is 4.55. The van der Waals surface area contributed by atoms with Crippen LogP contribution < -0.4 is 5.32 Å². The second kappa shape index (κ2) is 9.86. The second-order valence-electron chi connectivity index (χ2n) is 4.55. The van der Waals surface area contributed by atoms with Crippen LogP contribution in [0.15, 0.2) is 12.2 Å². The summed E-state index contributed by atoms with van der Waals surface area (Å²) in [5.74, 6) is 0. The Morgan fingerprint density at radius 1 is 1.25 bits per heavy atom. The van der Waals surface area contributed by atoms with Crippen LogP contribution in [0.4, 0.5) is 0 Å². The summed E-state index contributed by atoms with van der Waals surface area (Å²) < 4.78 is 0. The molecule has 0 bridgehead atoms. The maximum Gasteiger partial charge on any atom is 0.0164 e. The molecule has 0 rings (SSSR count). The zero-order valence-electron chi connectivity index (χ0n) is 11.7. The Hall–Kier alpha value is -0.340. The van der Waals surface area contributed by atoms with Gasteiger partial charge in [0.2, 0.25) is 0 Å². The first-order valence-electron chi connectivity index (χ1n) is 6.76. The summed E-state index contributed by atoms with van der Waals surface area (Å²) >= 11 is 0. The van der Waals surface area contributed by atoms with Crippen LogP contribution in [0.5, 0.6) is 0 Å². The van der Waals surface area contributed by atoms with Crippen LogP contribution in [-0.4, -0.2) is 37.1 Å². The van der Waals surface area contributed by atoms with E-state index in [1.54, 1.807) is 0 Å². The van der Waals surface area contributed by atoms with E-state index in [1.807, 2.05) is 0 Å². The molecule has 96 valence electrons. The first-order valence-corrected chi connectivity index (χ1v) is 6.76. The lowest BCUT2D eigenvalue weighted by Crippen LogP contribution is -2.30. The first kappa shape index (κ1) is 15.7. The van der Waals surface area contributed by atoms with E-state index < -0.39 is 0 Å². The van der Waals surface area contributed by atoms with E-state index >= 15 is 0 Å². The lowest BCUT2D eigenvalue weighted by atomic mass is 10.1. The molecule has 0 saturated heterocycles. The van der Waals surface area contributed by atoms with Crippen LogP contribution in [-0.2, 0) is 0 Å². The molecule has 1 atom stereocenters. The maximum absolute atomic E-state index is 4.01. The van der Waals surface area contributed by atoms with Crippen molar-refractivity contribution in [3.63, 3.8) is 0 Å². The first-order chi connectivity index (χ1) is 7.63. The molecule has 0 aromatic heterocycles. The van der Waals surface area contributed by atoms with Gasteiger partial charge in [0.1, 0.15) is 0 Å². The molecule has 0 radical (unpaired) electrons. The van der Waals surface area contributed by atoms with Gasteiger partial charge in [0.15, 0.2) is 0 Å². The number of nitrogens with zero attached hydrogens (tertiary/aromatic N) is 1. The highest BCUT2D eigenvalue weighted by Gasteiger charge is 2.03. The number of hydrogen-bond acceptors (Lipinski definition) is 2. The van der Waals surface area contributed by atoms with Crippen molar-refractivity contribution < 1.29 is 0 Å². The minimum Gasteiger partial charge on any atom is -0.311 e. The SMILES string of the molecule is C=C(CC)CNC(C)CCCN(CC)CC. The fourth-order valence-corrected chi connectivity index (χ4v) is 1.71. The van der Waals surface area contributed by atoms with Gasteiger partial charge in [0.25, 0.3) is 0 Å². The van der Waals surface area contributed by atoms with Crippen molar-refractivity contribution >= 4 is 0 Å². The standard InChI is InChI=1S/C14H30N2/c1-6-13(4)12-15-14(5)10-9-11-16(7-2)8-3/h14-15H,4,6-12H2,1-3,5H3. The van der Waals surface area contributed by atoms with Crippen molar-refractivity contribution in [2.45, 2.75) is 53.0 Å². The Morgan fingerprint density at radius 3 is 2.38 bits per heavy atom. The Kier molecular flexibility index (Phi) is 9.65. The highest BCUT2D eigenvalue weighted by molar-refractivity contribution is 4.95. The lowest BCUT2D eigenvalue weighted by Gasteiger charge is -2.20. The Balaban J connectivity index is 3.49. The third-order valence-corrected chi connectivity index (χ3v) is 3.21. The Labute approximate surface area is 102 Å².